The highest BCUT2D eigenvalue weighted by molar-refractivity contribution is 6.63. The van der Waals surface area contributed by atoms with Crippen LogP contribution in [-0.4, -0.2) is 43.0 Å². The van der Waals surface area contributed by atoms with Crippen LogP contribution in [0.2, 0.25) is 0 Å². The van der Waals surface area contributed by atoms with Crippen LogP contribution in [0.4, 0.5) is 0 Å². The van der Waals surface area contributed by atoms with Gasteiger partial charge in [0, 0.05) is 19.5 Å². The maximum absolute atomic E-state index is 10.9. The Balaban J connectivity index is 1.72. The SMILES string of the molecule is CCCCCCCOc1ccc(C2CN(CCCC(=O)Cl)CCO2)cc1. The molecular weight excluding hydrogens is 350 g/mol. The molecule has 1 aromatic rings. The van der Waals surface area contributed by atoms with Gasteiger partial charge in [-0.15, -0.1) is 0 Å². The third kappa shape index (κ3) is 8.07. The smallest absolute Gasteiger partial charge is 0.221 e. The van der Waals surface area contributed by atoms with E-state index in [-0.39, 0.29) is 11.3 Å². The predicted molar refractivity (Wildman–Crippen MR) is 106 cm³/mol. The first-order chi connectivity index (χ1) is 12.7. The highest BCUT2D eigenvalue weighted by Crippen LogP contribution is 2.24. The van der Waals surface area contributed by atoms with Crippen molar-refractivity contribution in [1.29, 1.82) is 0 Å². The second-order valence-corrected chi connectivity index (χ2v) is 7.37. The number of benzene rings is 1. The topological polar surface area (TPSA) is 38.8 Å². The van der Waals surface area contributed by atoms with Crippen LogP contribution in [0.25, 0.3) is 0 Å². The lowest BCUT2D eigenvalue weighted by atomic mass is 10.1. The number of carbonyl (C=O) groups excluding carboxylic acids is 1. The Morgan fingerprint density at radius 3 is 2.69 bits per heavy atom. The van der Waals surface area contributed by atoms with Gasteiger partial charge in [-0.3, -0.25) is 9.69 Å². The van der Waals surface area contributed by atoms with Crippen molar-refractivity contribution >= 4 is 16.8 Å². The molecule has 0 aliphatic carbocycles. The van der Waals surface area contributed by atoms with E-state index in [4.69, 9.17) is 21.1 Å². The monoisotopic (exact) mass is 381 g/mol. The van der Waals surface area contributed by atoms with E-state index in [0.717, 1.165) is 51.4 Å². The number of nitrogens with zero attached hydrogens (tertiary/aromatic N) is 1. The Morgan fingerprint density at radius 2 is 1.96 bits per heavy atom. The number of ether oxygens (including phenoxy) is 2. The summed E-state index contributed by atoms with van der Waals surface area (Å²) in [4.78, 5) is 13.2. The lowest BCUT2D eigenvalue weighted by molar-refractivity contribution is -0.111. The van der Waals surface area contributed by atoms with E-state index in [2.05, 4.69) is 24.0 Å². The number of unbranched alkanes of at least 4 members (excludes halogenated alkanes) is 4. The van der Waals surface area contributed by atoms with E-state index in [0.29, 0.717) is 6.42 Å². The summed E-state index contributed by atoms with van der Waals surface area (Å²) < 4.78 is 11.8. The summed E-state index contributed by atoms with van der Waals surface area (Å²) in [6, 6.07) is 8.28. The normalized spacial score (nSPS) is 18.0. The molecule has 1 atom stereocenters. The molecule has 0 N–H and O–H groups in total. The summed E-state index contributed by atoms with van der Waals surface area (Å²) in [5.74, 6) is 0.928. The van der Waals surface area contributed by atoms with Crippen LogP contribution in [0.5, 0.6) is 5.75 Å². The predicted octanol–water partition coefficient (Wildman–Crippen LogP) is 4.95. The molecule has 0 aromatic heterocycles. The summed E-state index contributed by atoms with van der Waals surface area (Å²) in [6.45, 7) is 6.39. The molecule has 5 heteroatoms. The molecule has 146 valence electrons. The maximum Gasteiger partial charge on any atom is 0.221 e. The van der Waals surface area contributed by atoms with Gasteiger partial charge in [0.25, 0.3) is 0 Å². The van der Waals surface area contributed by atoms with Crippen LogP contribution in [0.1, 0.15) is 63.5 Å². The Morgan fingerprint density at radius 1 is 1.19 bits per heavy atom. The Hall–Kier alpha value is -1.10. The Labute approximate surface area is 162 Å². The summed E-state index contributed by atoms with van der Waals surface area (Å²) in [5, 5.41) is -0.254. The molecule has 26 heavy (non-hydrogen) atoms. The number of morpholine rings is 1. The number of hydrogen-bond acceptors (Lipinski definition) is 4. The van der Waals surface area contributed by atoms with Crippen molar-refractivity contribution < 1.29 is 14.3 Å². The van der Waals surface area contributed by atoms with Crippen LogP contribution in [-0.2, 0) is 9.53 Å². The third-order valence-corrected chi connectivity index (χ3v) is 4.96. The zero-order chi connectivity index (χ0) is 18.6. The number of hydrogen-bond donors (Lipinski definition) is 0. The van der Waals surface area contributed by atoms with Crippen molar-refractivity contribution in [2.75, 3.05) is 32.8 Å². The molecule has 0 bridgehead atoms. The molecule has 1 saturated heterocycles. The first-order valence-corrected chi connectivity index (χ1v) is 10.3. The van der Waals surface area contributed by atoms with Gasteiger partial charge in [-0.2, -0.15) is 0 Å². The molecule has 4 nitrogen and oxygen atoms in total. The largest absolute Gasteiger partial charge is 0.494 e. The summed E-state index contributed by atoms with van der Waals surface area (Å²) >= 11 is 5.41. The lowest BCUT2D eigenvalue weighted by Gasteiger charge is -2.33. The van der Waals surface area contributed by atoms with Crippen molar-refractivity contribution in [3.05, 3.63) is 29.8 Å². The fraction of sp³-hybridized carbons (Fsp3) is 0.667. The van der Waals surface area contributed by atoms with Crippen LogP contribution in [0.3, 0.4) is 0 Å². The van der Waals surface area contributed by atoms with Crippen LogP contribution in [0, 0.1) is 0 Å². The molecular formula is C21H32ClNO3. The van der Waals surface area contributed by atoms with Crippen molar-refractivity contribution in [2.45, 2.75) is 58.0 Å². The zero-order valence-corrected chi connectivity index (χ0v) is 16.7. The lowest BCUT2D eigenvalue weighted by Crippen LogP contribution is -2.38. The van der Waals surface area contributed by atoms with E-state index < -0.39 is 0 Å². The first-order valence-electron chi connectivity index (χ1n) is 9.94. The van der Waals surface area contributed by atoms with Gasteiger partial charge >= 0.3 is 0 Å². The summed E-state index contributed by atoms with van der Waals surface area (Å²) in [6.07, 6.45) is 7.57. The van der Waals surface area contributed by atoms with E-state index in [9.17, 15) is 4.79 Å². The van der Waals surface area contributed by atoms with Crippen molar-refractivity contribution in [3.63, 3.8) is 0 Å². The molecule has 1 aromatic carbocycles. The summed E-state index contributed by atoms with van der Waals surface area (Å²) in [5.41, 5.74) is 1.18. The maximum atomic E-state index is 10.9. The fourth-order valence-electron chi connectivity index (χ4n) is 3.22. The Kier molecular flexibility index (Phi) is 10.0. The van der Waals surface area contributed by atoms with E-state index >= 15 is 0 Å². The van der Waals surface area contributed by atoms with Gasteiger partial charge in [0.1, 0.15) is 5.75 Å². The van der Waals surface area contributed by atoms with Crippen LogP contribution >= 0.6 is 11.6 Å². The van der Waals surface area contributed by atoms with Gasteiger partial charge in [0.05, 0.1) is 19.3 Å². The van der Waals surface area contributed by atoms with Gasteiger partial charge in [-0.05, 0) is 48.7 Å². The molecule has 0 radical (unpaired) electrons. The Bertz CT molecular complexity index is 520. The molecule has 1 aliphatic rings. The minimum absolute atomic E-state index is 0.0820. The molecule has 1 fully saturated rings. The molecule has 0 saturated carbocycles. The molecule has 2 rings (SSSR count). The van der Waals surface area contributed by atoms with Gasteiger partial charge in [-0.25, -0.2) is 0 Å². The van der Waals surface area contributed by atoms with Gasteiger partial charge in [0.15, 0.2) is 0 Å². The number of halogens is 1. The van der Waals surface area contributed by atoms with E-state index in [1.54, 1.807) is 0 Å². The fourth-order valence-corrected chi connectivity index (χ4v) is 3.36. The summed E-state index contributed by atoms with van der Waals surface area (Å²) in [7, 11) is 0. The highest BCUT2D eigenvalue weighted by atomic mass is 35.5. The molecule has 1 aliphatic heterocycles. The van der Waals surface area contributed by atoms with Crippen molar-refractivity contribution in [2.24, 2.45) is 0 Å². The standard InChI is InChI=1S/C21H32ClNO3/c1-2-3-4-5-6-15-25-19-11-9-18(10-12-19)20-17-23(14-16-26-20)13-7-8-21(22)24/h9-12,20H,2-8,13-17H2,1H3. The van der Waals surface area contributed by atoms with Crippen LogP contribution < -0.4 is 4.74 Å². The molecule has 1 heterocycles. The van der Waals surface area contributed by atoms with Gasteiger partial charge in [-0.1, -0.05) is 44.7 Å². The quantitative estimate of drug-likeness (QED) is 0.379. The zero-order valence-electron chi connectivity index (χ0n) is 15.9. The van der Waals surface area contributed by atoms with E-state index in [1.165, 1.54) is 31.2 Å². The van der Waals surface area contributed by atoms with Crippen molar-refractivity contribution in [1.82, 2.24) is 4.90 Å². The average Bonchev–Trinajstić information content (AvgIpc) is 2.65. The average molecular weight is 382 g/mol. The third-order valence-electron chi connectivity index (χ3n) is 4.77. The van der Waals surface area contributed by atoms with Crippen molar-refractivity contribution in [3.8, 4) is 5.75 Å². The molecule has 0 amide bonds. The second kappa shape index (κ2) is 12.3. The number of carbonyl (C=O) groups is 1. The highest BCUT2D eigenvalue weighted by Gasteiger charge is 2.21. The second-order valence-electron chi connectivity index (χ2n) is 6.95. The van der Waals surface area contributed by atoms with E-state index in [1.807, 2.05) is 12.1 Å². The van der Waals surface area contributed by atoms with Crippen LogP contribution in [0.15, 0.2) is 24.3 Å². The molecule has 0 spiro atoms. The number of rotatable bonds is 12. The minimum atomic E-state index is -0.254. The minimum Gasteiger partial charge on any atom is -0.494 e. The van der Waals surface area contributed by atoms with Gasteiger partial charge in [0.2, 0.25) is 5.24 Å². The molecule has 1 unspecified atom stereocenters. The van der Waals surface area contributed by atoms with Gasteiger partial charge < -0.3 is 9.47 Å². The first kappa shape index (κ1) is 21.2.